The van der Waals surface area contributed by atoms with Gasteiger partial charge in [0, 0.05) is 17.5 Å². The second-order valence-corrected chi connectivity index (χ2v) is 4.68. The molecule has 0 fully saturated rings. The van der Waals surface area contributed by atoms with Crippen molar-refractivity contribution >= 4 is 0 Å². The predicted octanol–water partition coefficient (Wildman–Crippen LogP) is 3.34. The molecule has 3 nitrogen and oxygen atoms in total. The minimum Gasteiger partial charge on any atom is -0.508 e. The molecule has 0 amide bonds. The molecule has 0 aromatic heterocycles. The molecular formula is C16H16O3. The lowest BCUT2D eigenvalue weighted by Gasteiger charge is -2.25. The predicted molar refractivity (Wildman–Crippen MR) is 72.9 cm³/mol. The van der Waals surface area contributed by atoms with Crippen molar-refractivity contribution in [3.8, 4) is 17.2 Å². The van der Waals surface area contributed by atoms with E-state index >= 15 is 0 Å². The number of hydrogen-bond donors (Lipinski definition) is 1. The van der Waals surface area contributed by atoms with Gasteiger partial charge in [0.15, 0.2) is 0 Å². The van der Waals surface area contributed by atoms with Crippen LogP contribution in [0.4, 0.5) is 0 Å². The van der Waals surface area contributed by atoms with Gasteiger partial charge in [0.05, 0.1) is 13.2 Å². The number of ether oxygens (including phenoxy) is 2. The number of phenolic OH excluding ortho intramolecular Hbond substituents is 1. The Morgan fingerprint density at radius 2 is 2.05 bits per heavy atom. The topological polar surface area (TPSA) is 38.7 Å². The highest BCUT2D eigenvalue weighted by Crippen LogP contribution is 2.33. The van der Waals surface area contributed by atoms with Gasteiger partial charge in [-0.3, -0.25) is 0 Å². The summed E-state index contributed by atoms with van der Waals surface area (Å²) in [7, 11) is 0. The molecular weight excluding hydrogens is 240 g/mol. The molecule has 0 saturated heterocycles. The molecule has 0 aliphatic carbocycles. The van der Waals surface area contributed by atoms with E-state index in [2.05, 4.69) is 6.07 Å². The maximum atomic E-state index is 9.41. The van der Waals surface area contributed by atoms with Crippen molar-refractivity contribution in [2.24, 2.45) is 0 Å². The van der Waals surface area contributed by atoms with Crippen molar-refractivity contribution in [2.45, 2.75) is 12.3 Å². The molecule has 1 N–H and O–H groups in total. The zero-order valence-corrected chi connectivity index (χ0v) is 10.6. The first kappa shape index (κ1) is 11.9. The molecule has 19 heavy (non-hydrogen) atoms. The van der Waals surface area contributed by atoms with Gasteiger partial charge in [0.25, 0.3) is 0 Å². The zero-order valence-electron chi connectivity index (χ0n) is 10.6. The Hall–Kier alpha value is -2.16. The van der Waals surface area contributed by atoms with Gasteiger partial charge in [-0.1, -0.05) is 24.3 Å². The summed E-state index contributed by atoms with van der Waals surface area (Å²) in [6.07, 6.45) is 0.954. The smallest absolute Gasteiger partial charge is 0.123 e. The normalized spacial score (nSPS) is 17.4. The summed E-state index contributed by atoms with van der Waals surface area (Å²) in [4.78, 5) is 0. The van der Waals surface area contributed by atoms with E-state index in [0.717, 1.165) is 18.8 Å². The fraction of sp³-hybridized carbons (Fsp3) is 0.250. The Kier molecular flexibility index (Phi) is 3.27. The third-order valence-corrected chi connectivity index (χ3v) is 3.35. The Bertz CT molecular complexity index is 565. The van der Waals surface area contributed by atoms with Crippen LogP contribution in [0.1, 0.15) is 17.9 Å². The molecule has 1 unspecified atom stereocenters. The molecule has 2 aromatic carbocycles. The molecule has 0 radical (unpaired) electrons. The van der Waals surface area contributed by atoms with E-state index in [1.807, 2.05) is 24.3 Å². The summed E-state index contributed by atoms with van der Waals surface area (Å²) < 4.78 is 11.4. The van der Waals surface area contributed by atoms with Crippen molar-refractivity contribution in [2.75, 3.05) is 13.2 Å². The van der Waals surface area contributed by atoms with Crippen LogP contribution in [0, 0.1) is 0 Å². The molecule has 1 atom stereocenters. The van der Waals surface area contributed by atoms with Gasteiger partial charge in [0.1, 0.15) is 17.2 Å². The lowest BCUT2D eigenvalue weighted by Crippen LogP contribution is -2.19. The first-order valence-corrected chi connectivity index (χ1v) is 6.46. The first-order valence-electron chi connectivity index (χ1n) is 6.46. The van der Waals surface area contributed by atoms with E-state index in [4.69, 9.17) is 9.47 Å². The van der Waals surface area contributed by atoms with E-state index in [1.54, 1.807) is 18.2 Å². The molecule has 2 aromatic rings. The zero-order chi connectivity index (χ0) is 13.1. The van der Waals surface area contributed by atoms with Crippen LogP contribution in [0.3, 0.4) is 0 Å². The maximum Gasteiger partial charge on any atom is 0.123 e. The molecule has 0 spiro atoms. The fourth-order valence-corrected chi connectivity index (χ4v) is 2.36. The minimum absolute atomic E-state index is 0.227. The highest BCUT2D eigenvalue weighted by atomic mass is 16.5. The van der Waals surface area contributed by atoms with Crippen LogP contribution >= 0.6 is 0 Å². The molecule has 1 aliphatic rings. The van der Waals surface area contributed by atoms with Crippen LogP contribution in [0.15, 0.2) is 48.5 Å². The van der Waals surface area contributed by atoms with Crippen molar-refractivity contribution in [1.29, 1.82) is 0 Å². The average molecular weight is 256 g/mol. The summed E-state index contributed by atoms with van der Waals surface area (Å²) in [6, 6.07) is 15.0. The largest absolute Gasteiger partial charge is 0.508 e. The van der Waals surface area contributed by atoms with Crippen LogP contribution in [0.2, 0.25) is 0 Å². The fourth-order valence-electron chi connectivity index (χ4n) is 2.36. The molecule has 3 rings (SSSR count). The van der Waals surface area contributed by atoms with E-state index in [1.165, 1.54) is 5.56 Å². The van der Waals surface area contributed by atoms with Crippen LogP contribution in [-0.4, -0.2) is 18.3 Å². The van der Waals surface area contributed by atoms with Crippen molar-refractivity contribution in [1.82, 2.24) is 0 Å². The van der Waals surface area contributed by atoms with Crippen molar-refractivity contribution in [3.63, 3.8) is 0 Å². The number of fused-ring (bicyclic) bond motifs is 1. The second kappa shape index (κ2) is 5.22. The summed E-state index contributed by atoms with van der Waals surface area (Å²) in [5, 5.41) is 9.41. The third kappa shape index (κ3) is 2.65. The lowest BCUT2D eigenvalue weighted by atomic mass is 9.94. The Morgan fingerprint density at radius 3 is 2.95 bits per heavy atom. The van der Waals surface area contributed by atoms with Crippen molar-refractivity contribution in [3.05, 3.63) is 54.1 Å². The maximum absolute atomic E-state index is 9.41. The number of benzene rings is 2. The van der Waals surface area contributed by atoms with Gasteiger partial charge in [0.2, 0.25) is 0 Å². The summed E-state index contributed by atoms with van der Waals surface area (Å²) >= 11 is 0. The van der Waals surface area contributed by atoms with Crippen LogP contribution in [-0.2, 0) is 0 Å². The van der Waals surface area contributed by atoms with E-state index in [0.29, 0.717) is 18.3 Å². The molecule has 1 heterocycles. The van der Waals surface area contributed by atoms with Gasteiger partial charge in [-0.2, -0.15) is 0 Å². The van der Waals surface area contributed by atoms with Gasteiger partial charge in [-0.15, -0.1) is 0 Å². The Balaban J connectivity index is 1.71. The number of hydrogen-bond acceptors (Lipinski definition) is 3. The molecule has 0 saturated carbocycles. The monoisotopic (exact) mass is 256 g/mol. The number of rotatable bonds is 3. The highest BCUT2D eigenvalue weighted by Gasteiger charge is 2.21. The standard InChI is InChI=1S/C16H16O3/c17-13-4-3-5-14(10-13)19-11-12-8-9-18-16-7-2-1-6-15(12)16/h1-7,10,12,17H,8-9,11H2. The minimum atomic E-state index is 0.227. The number of para-hydroxylation sites is 1. The molecule has 3 heteroatoms. The average Bonchev–Trinajstić information content (AvgIpc) is 2.45. The van der Waals surface area contributed by atoms with Gasteiger partial charge < -0.3 is 14.6 Å². The van der Waals surface area contributed by atoms with Crippen LogP contribution in [0.25, 0.3) is 0 Å². The third-order valence-electron chi connectivity index (χ3n) is 3.35. The van der Waals surface area contributed by atoms with Gasteiger partial charge >= 0.3 is 0 Å². The number of phenols is 1. The van der Waals surface area contributed by atoms with E-state index in [-0.39, 0.29) is 5.75 Å². The van der Waals surface area contributed by atoms with E-state index in [9.17, 15) is 5.11 Å². The van der Waals surface area contributed by atoms with Crippen LogP contribution in [0.5, 0.6) is 17.2 Å². The highest BCUT2D eigenvalue weighted by molar-refractivity contribution is 5.38. The number of aromatic hydroxyl groups is 1. The molecule has 0 bridgehead atoms. The summed E-state index contributed by atoms with van der Waals surface area (Å²) in [5.41, 5.74) is 1.20. The molecule has 98 valence electrons. The Morgan fingerprint density at radius 1 is 1.16 bits per heavy atom. The van der Waals surface area contributed by atoms with Gasteiger partial charge in [-0.25, -0.2) is 0 Å². The summed E-state index contributed by atoms with van der Waals surface area (Å²) in [5.74, 6) is 2.22. The van der Waals surface area contributed by atoms with Gasteiger partial charge in [-0.05, 0) is 24.6 Å². The quantitative estimate of drug-likeness (QED) is 0.915. The SMILES string of the molecule is Oc1cccc(OCC2CCOc3ccccc32)c1. The van der Waals surface area contributed by atoms with Crippen molar-refractivity contribution < 1.29 is 14.6 Å². The van der Waals surface area contributed by atoms with Crippen LogP contribution < -0.4 is 9.47 Å². The lowest BCUT2D eigenvalue weighted by molar-refractivity contribution is 0.217. The van der Waals surface area contributed by atoms with E-state index < -0.39 is 0 Å². The summed E-state index contributed by atoms with van der Waals surface area (Å²) in [6.45, 7) is 1.33. The second-order valence-electron chi connectivity index (χ2n) is 4.68. The first-order chi connectivity index (χ1) is 9.33. The Labute approximate surface area is 112 Å². The molecule has 1 aliphatic heterocycles.